The Morgan fingerprint density at radius 1 is 1.14 bits per heavy atom. The lowest BCUT2D eigenvalue weighted by Crippen LogP contribution is -2.52. The quantitative estimate of drug-likeness (QED) is 0.828. The van der Waals surface area contributed by atoms with Gasteiger partial charge < -0.3 is 5.32 Å². The van der Waals surface area contributed by atoms with Gasteiger partial charge in [0, 0.05) is 12.0 Å². The molecule has 0 aromatic heterocycles. The average molecular weight is 296 g/mol. The van der Waals surface area contributed by atoms with E-state index >= 15 is 0 Å². The Morgan fingerprint density at radius 2 is 1.86 bits per heavy atom. The SMILES string of the molecule is Cc1cccc2c(C(=O)NC3CCC(=O)NC3=O)cccc12. The molecule has 1 atom stereocenters. The predicted octanol–water partition coefficient (Wildman–Crippen LogP) is 1.68. The van der Waals surface area contributed by atoms with Crippen LogP contribution in [-0.2, 0) is 9.59 Å². The fraction of sp³-hybridized carbons (Fsp3) is 0.235. The lowest BCUT2D eigenvalue weighted by atomic mass is 9.99. The van der Waals surface area contributed by atoms with Crippen molar-refractivity contribution in [1.82, 2.24) is 10.6 Å². The highest BCUT2D eigenvalue weighted by molar-refractivity contribution is 6.09. The van der Waals surface area contributed by atoms with Gasteiger partial charge in [-0.25, -0.2) is 0 Å². The second kappa shape index (κ2) is 5.60. The summed E-state index contributed by atoms with van der Waals surface area (Å²) in [4.78, 5) is 35.4. The molecule has 112 valence electrons. The van der Waals surface area contributed by atoms with Crippen molar-refractivity contribution < 1.29 is 14.4 Å². The van der Waals surface area contributed by atoms with Gasteiger partial charge in [0.2, 0.25) is 11.8 Å². The summed E-state index contributed by atoms with van der Waals surface area (Å²) in [5, 5.41) is 6.82. The van der Waals surface area contributed by atoms with E-state index in [-0.39, 0.29) is 18.2 Å². The number of fused-ring (bicyclic) bond motifs is 1. The Bertz CT molecular complexity index is 783. The minimum atomic E-state index is -0.662. The summed E-state index contributed by atoms with van der Waals surface area (Å²) in [7, 11) is 0. The van der Waals surface area contributed by atoms with Crippen LogP contribution in [0.5, 0.6) is 0 Å². The van der Waals surface area contributed by atoms with Gasteiger partial charge in [-0.2, -0.15) is 0 Å². The Hall–Kier alpha value is -2.69. The fourth-order valence-electron chi connectivity index (χ4n) is 2.73. The lowest BCUT2D eigenvalue weighted by Gasteiger charge is -2.22. The van der Waals surface area contributed by atoms with Crippen LogP contribution in [0.2, 0.25) is 0 Å². The maximum absolute atomic E-state index is 12.5. The highest BCUT2D eigenvalue weighted by atomic mass is 16.2. The van der Waals surface area contributed by atoms with Crippen LogP contribution in [0.25, 0.3) is 10.8 Å². The molecule has 2 aromatic carbocycles. The highest BCUT2D eigenvalue weighted by Gasteiger charge is 2.28. The summed E-state index contributed by atoms with van der Waals surface area (Å²) < 4.78 is 0. The van der Waals surface area contributed by atoms with Crippen LogP contribution in [0.3, 0.4) is 0 Å². The fourth-order valence-corrected chi connectivity index (χ4v) is 2.73. The molecule has 0 bridgehead atoms. The van der Waals surface area contributed by atoms with Crippen molar-refractivity contribution in [2.45, 2.75) is 25.8 Å². The Kier molecular flexibility index (Phi) is 3.63. The number of benzene rings is 2. The Labute approximate surface area is 127 Å². The van der Waals surface area contributed by atoms with Gasteiger partial charge >= 0.3 is 0 Å². The summed E-state index contributed by atoms with van der Waals surface area (Å²) in [6, 6.07) is 10.7. The molecule has 2 N–H and O–H groups in total. The molecule has 1 aliphatic rings. The maximum Gasteiger partial charge on any atom is 0.252 e. The molecule has 1 unspecified atom stereocenters. The molecule has 1 aliphatic heterocycles. The number of hydrogen-bond donors (Lipinski definition) is 2. The van der Waals surface area contributed by atoms with Gasteiger partial charge in [-0.15, -0.1) is 0 Å². The van der Waals surface area contributed by atoms with Crippen molar-refractivity contribution in [3.05, 3.63) is 47.5 Å². The van der Waals surface area contributed by atoms with E-state index in [1.807, 2.05) is 37.3 Å². The van der Waals surface area contributed by atoms with Gasteiger partial charge in [0.25, 0.3) is 5.91 Å². The molecule has 1 saturated heterocycles. The zero-order valence-corrected chi connectivity index (χ0v) is 12.2. The first-order valence-corrected chi connectivity index (χ1v) is 7.19. The van der Waals surface area contributed by atoms with Gasteiger partial charge in [-0.3, -0.25) is 19.7 Å². The number of amides is 3. The number of piperidine rings is 1. The zero-order chi connectivity index (χ0) is 15.7. The Morgan fingerprint density at radius 3 is 2.64 bits per heavy atom. The van der Waals surface area contributed by atoms with Crippen molar-refractivity contribution in [1.29, 1.82) is 0 Å². The smallest absolute Gasteiger partial charge is 0.252 e. The largest absolute Gasteiger partial charge is 0.340 e. The van der Waals surface area contributed by atoms with E-state index in [1.54, 1.807) is 6.07 Å². The third-order valence-electron chi connectivity index (χ3n) is 3.93. The monoisotopic (exact) mass is 296 g/mol. The molecule has 0 spiro atoms. The molecule has 2 aromatic rings. The van der Waals surface area contributed by atoms with E-state index in [1.165, 1.54) is 0 Å². The first-order valence-electron chi connectivity index (χ1n) is 7.19. The molecule has 1 heterocycles. The molecule has 5 heteroatoms. The predicted molar refractivity (Wildman–Crippen MR) is 82.3 cm³/mol. The van der Waals surface area contributed by atoms with E-state index in [2.05, 4.69) is 10.6 Å². The summed E-state index contributed by atoms with van der Waals surface area (Å²) in [6.07, 6.45) is 0.575. The molecule has 0 saturated carbocycles. The summed E-state index contributed by atoms with van der Waals surface area (Å²) >= 11 is 0. The van der Waals surface area contributed by atoms with Crippen LogP contribution < -0.4 is 10.6 Å². The molecule has 0 aliphatic carbocycles. The molecule has 0 radical (unpaired) electrons. The van der Waals surface area contributed by atoms with Crippen molar-refractivity contribution in [3.8, 4) is 0 Å². The molecule has 22 heavy (non-hydrogen) atoms. The van der Waals surface area contributed by atoms with E-state index in [4.69, 9.17) is 0 Å². The van der Waals surface area contributed by atoms with E-state index in [9.17, 15) is 14.4 Å². The van der Waals surface area contributed by atoms with Crippen LogP contribution in [-0.4, -0.2) is 23.8 Å². The second-order valence-corrected chi connectivity index (χ2v) is 5.45. The molecule has 3 amide bonds. The second-order valence-electron chi connectivity index (χ2n) is 5.45. The van der Waals surface area contributed by atoms with Crippen molar-refractivity contribution in [2.24, 2.45) is 0 Å². The summed E-state index contributed by atoms with van der Waals surface area (Å²) in [6.45, 7) is 1.99. The van der Waals surface area contributed by atoms with Gasteiger partial charge in [0.05, 0.1) is 0 Å². The number of carbonyl (C=O) groups excluding carboxylic acids is 3. The molecule has 3 rings (SSSR count). The maximum atomic E-state index is 12.5. The lowest BCUT2D eigenvalue weighted by molar-refractivity contribution is -0.134. The van der Waals surface area contributed by atoms with Crippen molar-refractivity contribution in [2.75, 3.05) is 0 Å². The van der Waals surface area contributed by atoms with E-state index < -0.39 is 11.9 Å². The standard InChI is InChI=1S/C17H16N2O3/c1-10-4-2-6-12-11(10)5-3-7-13(12)16(21)18-14-8-9-15(20)19-17(14)22/h2-7,14H,8-9H2,1H3,(H,18,21)(H,19,20,22). The van der Waals surface area contributed by atoms with Crippen LogP contribution in [0.1, 0.15) is 28.8 Å². The van der Waals surface area contributed by atoms with Crippen molar-refractivity contribution in [3.63, 3.8) is 0 Å². The third-order valence-corrected chi connectivity index (χ3v) is 3.93. The van der Waals surface area contributed by atoms with Crippen LogP contribution in [0, 0.1) is 6.92 Å². The molecule has 1 fully saturated rings. The van der Waals surface area contributed by atoms with E-state index in [0.717, 1.165) is 16.3 Å². The van der Waals surface area contributed by atoms with Gasteiger partial charge in [0.15, 0.2) is 0 Å². The van der Waals surface area contributed by atoms with E-state index in [0.29, 0.717) is 12.0 Å². The normalized spacial score (nSPS) is 18.1. The Balaban J connectivity index is 1.88. The highest BCUT2D eigenvalue weighted by Crippen LogP contribution is 2.22. The average Bonchev–Trinajstić information content (AvgIpc) is 2.50. The van der Waals surface area contributed by atoms with Crippen LogP contribution in [0.4, 0.5) is 0 Å². The van der Waals surface area contributed by atoms with Gasteiger partial charge in [-0.1, -0.05) is 30.3 Å². The number of hydrogen-bond acceptors (Lipinski definition) is 3. The third kappa shape index (κ3) is 2.57. The van der Waals surface area contributed by atoms with Gasteiger partial charge in [-0.05, 0) is 35.7 Å². The minimum absolute atomic E-state index is 0.241. The number of nitrogens with one attached hydrogen (secondary N) is 2. The number of imide groups is 1. The van der Waals surface area contributed by atoms with Crippen LogP contribution in [0.15, 0.2) is 36.4 Å². The zero-order valence-electron chi connectivity index (χ0n) is 12.2. The van der Waals surface area contributed by atoms with Gasteiger partial charge in [0.1, 0.15) is 6.04 Å². The molecular weight excluding hydrogens is 280 g/mol. The number of aryl methyl sites for hydroxylation is 1. The summed E-state index contributed by atoms with van der Waals surface area (Å²) in [5.41, 5.74) is 1.62. The number of rotatable bonds is 2. The number of carbonyl (C=O) groups is 3. The first kappa shape index (κ1) is 14.3. The minimum Gasteiger partial charge on any atom is -0.340 e. The first-order chi connectivity index (χ1) is 10.6. The molecule has 5 nitrogen and oxygen atoms in total. The molecular formula is C17H16N2O3. The van der Waals surface area contributed by atoms with Crippen molar-refractivity contribution >= 4 is 28.5 Å². The topological polar surface area (TPSA) is 75.3 Å². The van der Waals surface area contributed by atoms with Crippen LogP contribution >= 0.6 is 0 Å². The summed E-state index contributed by atoms with van der Waals surface area (Å²) in [5.74, 6) is -1.04.